The Bertz CT molecular complexity index is 875. The summed E-state index contributed by atoms with van der Waals surface area (Å²) in [5.74, 6) is 2.12. The molecular formula is C22H35N7O3. The second kappa shape index (κ2) is 8.71. The van der Waals surface area contributed by atoms with Gasteiger partial charge in [0.25, 0.3) is 0 Å². The van der Waals surface area contributed by atoms with Crippen LogP contribution in [0.25, 0.3) is 0 Å². The van der Waals surface area contributed by atoms with Crippen LogP contribution in [-0.4, -0.2) is 92.1 Å². The molecule has 1 atom stereocenters. The van der Waals surface area contributed by atoms with Crippen LogP contribution in [0.3, 0.4) is 0 Å². The van der Waals surface area contributed by atoms with Crippen LogP contribution in [0, 0.1) is 0 Å². The fourth-order valence-electron chi connectivity index (χ4n) is 4.95. The first-order valence-corrected chi connectivity index (χ1v) is 11.7. The number of piperidine rings is 1. The number of carbonyl (C=O) groups is 3. The molecule has 4 heterocycles. The van der Waals surface area contributed by atoms with E-state index in [1.54, 1.807) is 11.8 Å². The number of hydrogen-bond donors (Lipinski definition) is 1. The van der Waals surface area contributed by atoms with Crippen molar-refractivity contribution in [2.45, 2.75) is 70.9 Å². The molecule has 2 fully saturated rings. The van der Waals surface area contributed by atoms with E-state index in [0.717, 1.165) is 37.3 Å². The topological polar surface area (TPSA) is 104 Å². The Morgan fingerprint density at radius 1 is 0.875 bits per heavy atom. The highest BCUT2D eigenvalue weighted by molar-refractivity contribution is 5.81. The molecule has 0 bridgehead atoms. The third-order valence-corrected chi connectivity index (χ3v) is 6.70. The van der Waals surface area contributed by atoms with E-state index in [0.29, 0.717) is 39.3 Å². The Hall–Kier alpha value is -2.65. The van der Waals surface area contributed by atoms with Gasteiger partial charge < -0.3 is 24.6 Å². The zero-order chi connectivity index (χ0) is 23.0. The molecule has 176 valence electrons. The zero-order valence-corrected chi connectivity index (χ0v) is 19.6. The minimum atomic E-state index is -0.263. The summed E-state index contributed by atoms with van der Waals surface area (Å²) in [5.41, 5.74) is -0.259. The first kappa shape index (κ1) is 22.5. The lowest BCUT2D eigenvalue weighted by Crippen LogP contribution is -2.51. The molecule has 0 spiro atoms. The monoisotopic (exact) mass is 445 g/mol. The maximum absolute atomic E-state index is 13.3. The van der Waals surface area contributed by atoms with Gasteiger partial charge in [0.2, 0.25) is 11.8 Å². The number of rotatable bonds is 2. The molecule has 32 heavy (non-hydrogen) atoms. The average molecular weight is 446 g/mol. The summed E-state index contributed by atoms with van der Waals surface area (Å²) in [4.78, 5) is 42.9. The summed E-state index contributed by atoms with van der Waals surface area (Å²) in [6.07, 6.45) is 3.13. The maximum atomic E-state index is 13.3. The van der Waals surface area contributed by atoms with Crippen LogP contribution in [0.1, 0.15) is 70.6 Å². The summed E-state index contributed by atoms with van der Waals surface area (Å²) in [6.45, 7) is 11.2. The second-order valence-electron chi connectivity index (χ2n) is 10.2. The van der Waals surface area contributed by atoms with Crippen LogP contribution < -0.4 is 5.32 Å². The zero-order valence-electron chi connectivity index (χ0n) is 19.6. The number of urea groups is 1. The lowest BCUT2D eigenvalue weighted by molar-refractivity contribution is -0.140. The molecular weight excluding hydrogens is 410 g/mol. The van der Waals surface area contributed by atoms with Crippen LogP contribution in [-0.2, 0) is 16.0 Å². The number of aryl methyl sites for hydroxylation is 1. The highest BCUT2D eigenvalue weighted by Crippen LogP contribution is 2.35. The molecule has 3 aliphatic heterocycles. The van der Waals surface area contributed by atoms with E-state index in [9.17, 15) is 14.4 Å². The number of piperazine rings is 1. The van der Waals surface area contributed by atoms with Crippen molar-refractivity contribution in [1.82, 2.24) is 34.8 Å². The molecule has 1 unspecified atom stereocenters. The standard InChI is InChI=1S/C22H35N7O3/c1-15(30)26-11-13-27(14-12-26)20(31)17-5-6-18-24-25-19(29(17)18)16-7-9-28(10-8-16)21(32)23-22(2,3)4/h16-17H,5-14H2,1-4H3,(H,23,32). The third-order valence-electron chi connectivity index (χ3n) is 6.70. The van der Waals surface area contributed by atoms with Gasteiger partial charge in [-0.3, -0.25) is 9.59 Å². The molecule has 0 aliphatic carbocycles. The first-order valence-electron chi connectivity index (χ1n) is 11.7. The van der Waals surface area contributed by atoms with Crippen molar-refractivity contribution in [2.75, 3.05) is 39.3 Å². The Morgan fingerprint density at radius 3 is 2.09 bits per heavy atom. The summed E-state index contributed by atoms with van der Waals surface area (Å²) >= 11 is 0. The number of likely N-dealkylation sites (tertiary alicyclic amines) is 1. The fraction of sp³-hybridized carbons (Fsp3) is 0.773. The summed E-state index contributed by atoms with van der Waals surface area (Å²) in [5, 5.41) is 11.9. The van der Waals surface area contributed by atoms with Crippen LogP contribution >= 0.6 is 0 Å². The molecule has 1 aromatic rings. The molecule has 4 amide bonds. The van der Waals surface area contributed by atoms with E-state index in [1.165, 1.54) is 0 Å². The van der Waals surface area contributed by atoms with Crippen LogP contribution in [0.2, 0.25) is 0 Å². The van der Waals surface area contributed by atoms with Gasteiger partial charge in [0.1, 0.15) is 17.7 Å². The fourth-order valence-corrected chi connectivity index (χ4v) is 4.95. The molecule has 3 aliphatic rings. The van der Waals surface area contributed by atoms with Gasteiger partial charge >= 0.3 is 6.03 Å². The van der Waals surface area contributed by atoms with Crippen molar-refractivity contribution < 1.29 is 14.4 Å². The van der Waals surface area contributed by atoms with Gasteiger partial charge in [-0.25, -0.2) is 4.79 Å². The number of nitrogens with zero attached hydrogens (tertiary/aromatic N) is 6. The van der Waals surface area contributed by atoms with Gasteiger partial charge in [-0.15, -0.1) is 10.2 Å². The summed E-state index contributed by atoms with van der Waals surface area (Å²) < 4.78 is 2.06. The van der Waals surface area contributed by atoms with E-state index in [4.69, 9.17) is 0 Å². The van der Waals surface area contributed by atoms with E-state index in [-0.39, 0.29) is 35.3 Å². The minimum absolute atomic E-state index is 0.0276. The lowest BCUT2D eigenvalue weighted by atomic mass is 9.95. The number of carbonyl (C=O) groups excluding carboxylic acids is 3. The second-order valence-corrected chi connectivity index (χ2v) is 10.2. The normalized spacial score (nSPS) is 22.1. The predicted octanol–water partition coefficient (Wildman–Crippen LogP) is 1.14. The van der Waals surface area contributed by atoms with E-state index < -0.39 is 0 Å². The van der Waals surface area contributed by atoms with Gasteiger partial charge in [0.15, 0.2) is 0 Å². The largest absolute Gasteiger partial charge is 0.339 e. The van der Waals surface area contributed by atoms with Gasteiger partial charge in [-0.05, 0) is 40.0 Å². The highest BCUT2D eigenvalue weighted by Gasteiger charge is 2.38. The van der Waals surface area contributed by atoms with Crippen molar-refractivity contribution in [3.8, 4) is 0 Å². The van der Waals surface area contributed by atoms with Crippen molar-refractivity contribution in [3.05, 3.63) is 11.6 Å². The Balaban J connectivity index is 1.40. The Kier molecular flexibility index (Phi) is 6.13. The van der Waals surface area contributed by atoms with E-state index >= 15 is 0 Å². The molecule has 10 nitrogen and oxygen atoms in total. The van der Waals surface area contributed by atoms with Crippen LogP contribution in [0.5, 0.6) is 0 Å². The van der Waals surface area contributed by atoms with Gasteiger partial charge in [-0.2, -0.15) is 0 Å². The molecule has 1 N–H and O–H groups in total. The summed E-state index contributed by atoms with van der Waals surface area (Å²) in [6, 6.07) is -0.290. The Morgan fingerprint density at radius 2 is 1.50 bits per heavy atom. The molecule has 10 heteroatoms. The number of fused-ring (bicyclic) bond motifs is 1. The van der Waals surface area contributed by atoms with Gasteiger partial charge in [0, 0.05) is 64.1 Å². The van der Waals surface area contributed by atoms with Crippen LogP contribution in [0.4, 0.5) is 4.79 Å². The van der Waals surface area contributed by atoms with E-state index in [1.807, 2.05) is 30.6 Å². The molecule has 2 saturated heterocycles. The third kappa shape index (κ3) is 4.59. The van der Waals surface area contributed by atoms with E-state index in [2.05, 4.69) is 20.1 Å². The molecule has 0 saturated carbocycles. The smallest absolute Gasteiger partial charge is 0.317 e. The van der Waals surface area contributed by atoms with Gasteiger partial charge in [0.05, 0.1) is 0 Å². The quantitative estimate of drug-likeness (QED) is 0.735. The maximum Gasteiger partial charge on any atom is 0.317 e. The number of amides is 4. The Labute approximate surface area is 189 Å². The highest BCUT2D eigenvalue weighted by atomic mass is 16.2. The van der Waals surface area contributed by atoms with Crippen molar-refractivity contribution in [3.63, 3.8) is 0 Å². The molecule has 1 aromatic heterocycles. The lowest BCUT2D eigenvalue weighted by Gasteiger charge is -2.36. The molecule has 4 rings (SSSR count). The summed E-state index contributed by atoms with van der Waals surface area (Å²) in [7, 11) is 0. The van der Waals surface area contributed by atoms with Crippen molar-refractivity contribution >= 4 is 17.8 Å². The van der Waals surface area contributed by atoms with Crippen molar-refractivity contribution in [1.29, 1.82) is 0 Å². The first-order chi connectivity index (χ1) is 15.1. The predicted molar refractivity (Wildman–Crippen MR) is 118 cm³/mol. The minimum Gasteiger partial charge on any atom is -0.339 e. The number of aromatic nitrogens is 3. The number of nitrogens with one attached hydrogen (secondary N) is 1. The molecule has 0 radical (unpaired) electrons. The van der Waals surface area contributed by atoms with Crippen molar-refractivity contribution in [2.24, 2.45) is 0 Å². The van der Waals surface area contributed by atoms with Gasteiger partial charge in [-0.1, -0.05) is 0 Å². The SMILES string of the molecule is CC(=O)N1CCN(C(=O)C2CCc3nnc(C4CCN(C(=O)NC(C)(C)C)CC4)n32)CC1. The number of hydrogen-bond acceptors (Lipinski definition) is 5. The molecule has 0 aromatic carbocycles. The average Bonchev–Trinajstić information content (AvgIpc) is 3.34. The van der Waals surface area contributed by atoms with Crippen LogP contribution in [0.15, 0.2) is 0 Å².